The number of amides is 2. The first-order valence-electron chi connectivity index (χ1n) is 6.24. The topological polar surface area (TPSA) is 59.6 Å². The lowest BCUT2D eigenvalue weighted by molar-refractivity contribution is 0.174. The summed E-state index contributed by atoms with van der Waals surface area (Å²) in [7, 11) is 0. The van der Waals surface area contributed by atoms with Crippen molar-refractivity contribution in [2.75, 3.05) is 6.79 Å². The highest BCUT2D eigenvalue weighted by molar-refractivity contribution is 5.74. The molecule has 1 fully saturated rings. The Kier molecular flexibility index (Phi) is 2.96. The Morgan fingerprint density at radius 3 is 2.89 bits per heavy atom. The third kappa shape index (κ3) is 2.34. The number of fused-ring (bicyclic) bond motifs is 1. The lowest BCUT2D eigenvalue weighted by Gasteiger charge is -2.26. The molecule has 1 saturated carbocycles. The molecule has 1 aromatic carbocycles. The maximum Gasteiger partial charge on any atom is 0.315 e. The summed E-state index contributed by atoms with van der Waals surface area (Å²) < 4.78 is 10.5. The molecule has 1 heterocycles. The zero-order valence-corrected chi connectivity index (χ0v) is 10.1. The smallest absolute Gasteiger partial charge is 0.315 e. The highest BCUT2D eigenvalue weighted by Gasteiger charge is 2.19. The van der Waals surface area contributed by atoms with Gasteiger partial charge in [-0.2, -0.15) is 0 Å². The Labute approximate surface area is 105 Å². The molecule has 0 spiro atoms. The predicted octanol–water partition coefficient (Wildman–Crippen LogP) is 1.77. The summed E-state index contributed by atoms with van der Waals surface area (Å²) in [6, 6.07) is 5.95. The maximum atomic E-state index is 11.6. The van der Waals surface area contributed by atoms with Gasteiger partial charge >= 0.3 is 6.03 Å². The molecule has 0 saturated heterocycles. The normalized spacial score (nSPS) is 17.1. The number of carbonyl (C=O) groups is 1. The SMILES string of the molecule is O=C(NCc1ccc2c(c1)OCO2)NC1CCC1. The number of urea groups is 1. The highest BCUT2D eigenvalue weighted by atomic mass is 16.7. The number of carbonyl (C=O) groups excluding carboxylic acids is 1. The van der Waals surface area contributed by atoms with E-state index in [-0.39, 0.29) is 12.8 Å². The molecular formula is C13H16N2O3. The lowest BCUT2D eigenvalue weighted by atomic mass is 9.93. The summed E-state index contributed by atoms with van der Waals surface area (Å²) in [5.41, 5.74) is 1.00. The summed E-state index contributed by atoms with van der Waals surface area (Å²) in [6.07, 6.45) is 3.40. The summed E-state index contributed by atoms with van der Waals surface area (Å²) in [5, 5.41) is 5.78. The number of hydrogen-bond donors (Lipinski definition) is 2. The third-order valence-corrected chi connectivity index (χ3v) is 3.33. The first kappa shape index (κ1) is 11.2. The highest BCUT2D eigenvalue weighted by Crippen LogP contribution is 2.32. The molecule has 1 aliphatic carbocycles. The molecule has 2 aliphatic rings. The monoisotopic (exact) mass is 248 g/mol. The van der Waals surface area contributed by atoms with Crippen molar-refractivity contribution in [2.24, 2.45) is 0 Å². The molecule has 0 unspecified atom stereocenters. The van der Waals surface area contributed by atoms with Crippen LogP contribution in [0.25, 0.3) is 0 Å². The molecule has 1 aromatic rings. The first-order valence-corrected chi connectivity index (χ1v) is 6.24. The Morgan fingerprint density at radius 2 is 2.11 bits per heavy atom. The third-order valence-electron chi connectivity index (χ3n) is 3.33. The second-order valence-corrected chi connectivity index (χ2v) is 4.64. The minimum atomic E-state index is -0.0997. The van der Waals surface area contributed by atoms with Gasteiger partial charge in [-0.1, -0.05) is 6.07 Å². The predicted molar refractivity (Wildman–Crippen MR) is 65.6 cm³/mol. The van der Waals surface area contributed by atoms with Crippen molar-refractivity contribution < 1.29 is 14.3 Å². The Morgan fingerprint density at radius 1 is 1.28 bits per heavy atom. The van der Waals surface area contributed by atoms with E-state index < -0.39 is 0 Å². The molecule has 1 aliphatic heterocycles. The van der Waals surface area contributed by atoms with Gasteiger partial charge in [0.05, 0.1) is 0 Å². The van der Waals surface area contributed by atoms with Gasteiger partial charge in [-0.25, -0.2) is 4.79 Å². The van der Waals surface area contributed by atoms with Crippen LogP contribution in [0.15, 0.2) is 18.2 Å². The van der Waals surface area contributed by atoms with Crippen LogP contribution >= 0.6 is 0 Å². The number of benzene rings is 1. The van der Waals surface area contributed by atoms with Crippen LogP contribution in [0.3, 0.4) is 0 Å². The quantitative estimate of drug-likeness (QED) is 0.857. The van der Waals surface area contributed by atoms with E-state index in [1.807, 2.05) is 18.2 Å². The average molecular weight is 248 g/mol. The summed E-state index contributed by atoms with van der Waals surface area (Å²) in [5.74, 6) is 1.51. The molecule has 0 bridgehead atoms. The number of ether oxygens (including phenoxy) is 2. The van der Waals surface area contributed by atoms with Gasteiger partial charge in [0.25, 0.3) is 0 Å². The second kappa shape index (κ2) is 4.76. The van der Waals surface area contributed by atoms with E-state index in [0.717, 1.165) is 29.9 Å². The fourth-order valence-electron chi connectivity index (χ4n) is 2.02. The number of nitrogens with one attached hydrogen (secondary N) is 2. The first-order chi connectivity index (χ1) is 8.81. The van der Waals surface area contributed by atoms with Crippen LogP contribution < -0.4 is 20.1 Å². The van der Waals surface area contributed by atoms with Crippen molar-refractivity contribution in [3.05, 3.63) is 23.8 Å². The average Bonchev–Trinajstić information content (AvgIpc) is 2.78. The van der Waals surface area contributed by atoms with Gasteiger partial charge in [0.2, 0.25) is 6.79 Å². The van der Waals surface area contributed by atoms with Crippen molar-refractivity contribution in [2.45, 2.75) is 31.8 Å². The van der Waals surface area contributed by atoms with Crippen molar-refractivity contribution in [3.8, 4) is 11.5 Å². The van der Waals surface area contributed by atoms with Crippen molar-refractivity contribution in [1.82, 2.24) is 10.6 Å². The van der Waals surface area contributed by atoms with Crippen molar-refractivity contribution in [1.29, 1.82) is 0 Å². The summed E-state index contributed by atoms with van der Waals surface area (Å²) in [6.45, 7) is 0.767. The van der Waals surface area contributed by atoms with Gasteiger partial charge in [-0.3, -0.25) is 0 Å². The summed E-state index contributed by atoms with van der Waals surface area (Å²) in [4.78, 5) is 11.6. The van der Waals surface area contributed by atoms with E-state index in [1.165, 1.54) is 6.42 Å². The molecular weight excluding hydrogens is 232 g/mol. The minimum Gasteiger partial charge on any atom is -0.454 e. The molecule has 0 atom stereocenters. The lowest BCUT2D eigenvalue weighted by Crippen LogP contribution is -2.44. The van der Waals surface area contributed by atoms with Crippen molar-refractivity contribution >= 4 is 6.03 Å². The fourth-order valence-corrected chi connectivity index (χ4v) is 2.02. The molecule has 96 valence electrons. The molecule has 5 heteroatoms. The molecule has 18 heavy (non-hydrogen) atoms. The summed E-state index contributed by atoms with van der Waals surface area (Å²) >= 11 is 0. The van der Waals surface area contributed by atoms with Gasteiger partial charge in [-0.15, -0.1) is 0 Å². The number of hydrogen-bond acceptors (Lipinski definition) is 3. The zero-order chi connectivity index (χ0) is 12.4. The van der Waals surface area contributed by atoms with Gasteiger partial charge < -0.3 is 20.1 Å². The molecule has 0 aromatic heterocycles. The van der Waals surface area contributed by atoms with E-state index >= 15 is 0 Å². The van der Waals surface area contributed by atoms with E-state index in [0.29, 0.717) is 12.6 Å². The van der Waals surface area contributed by atoms with E-state index in [2.05, 4.69) is 10.6 Å². The molecule has 3 rings (SSSR count). The Hall–Kier alpha value is -1.91. The molecule has 5 nitrogen and oxygen atoms in total. The van der Waals surface area contributed by atoms with Crippen LogP contribution in [0.2, 0.25) is 0 Å². The second-order valence-electron chi connectivity index (χ2n) is 4.64. The standard InChI is InChI=1S/C13H16N2O3/c16-13(15-10-2-1-3-10)14-7-9-4-5-11-12(6-9)18-8-17-11/h4-6,10H,1-3,7-8H2,(H2,14,15,16). The van der Waals surface area contributed by atoms with Crippen molar-refractivity contribution in [3.63, 3.8) is 0 Å². The van der Waals surface area contributed by atoms with E-state index in [9.17, 15) is 4.79 Å². The maximum absolute atomic E-state index is 11.6. The zero-order valence-electron chi connectivity index (χ0n) is 10.1. The Balaban J connectivity index is 1.51. The largest absolute Gasteiger partial charge is 0.454 e. The van der Waals surface area contributed by atoms with Crippen LogP contribution in [-0.4, -0.2) is 18.9 Å². The van der Waals surface area contributed by atoms with Gasteiger partial charge in [0.15, 0.2) is 11.5 Å². The fraction of sp³-hybridized carbons (Fsp3) is 0.462. The molecule has 0 radical (unpaired) electrons. The van der Waals surface area contributed by atoms with Crippen LogP contribution in [0.5, 0.6) is 11.5 Å². The van der Waals surface area contributed by atoms with Crippen LogP contribution in [-0.2, 0) is 6.54 Å². The minimum absolute atomic E-state index is 0.0997. The van der Waals surface area contributed by atoms with Crippen LogP contribution in [0, 0.1) is 0 Å². The number of rotatable bonds is 3. The Bertz CT molecular complexity index is 458. The van der Waals surface area contributed by atoms with Gasteiger partial charge in [-0.05, 0) is 37.0 Å². The van der Waals surface area contributed by atoms with E-state index in [4.69, 9.17) is 9.47 Å². The van der Waals surface area contributed by atoms with Crippen LogP contribution in [0.4, 0.5) is 4.79 Å². The van der Waals surface area contributed by atoms with Crippen LogP contribution in [0.1, 0.15) is 24.8 Å². The molecule has 2 amide bonds. The van der Waals surface area contributed by atoms with Gasteiger partial charge in [0.1, 0.15) is 0 Å². The molecule has 2 N–H and O–H groups in total. The van der Waals surface area contributed by atoms with E-state index in [1.54, 1.807) is 0 Å². The van der Waals surface area contributed by atoms with Gasteiger partial charge in [0, 0.05) is 12.6 Å².